The van der Waals surface area contributed by atoms with E-state index in [1.165, 1.54) is 6.08 Å². The quantitative estimate of drug-likeness (QED) is 0.574. The zero-order valence-corrected chi connectivity index (χ0v) is 19.3. The van der Waals surface area contributed by atoms with Crippen LogP contribution in [0, 0.1) is 5.92 Å². The van der Waals surface area contributed by atoms with Crippen LogP contribution in [0.25, 0.3) is 6.08 Å². The first-order chi connectivity index (χ1) is 15.1. The van der Waals surface area contributed by atoms with Crippen LogP contribution in [0.5, 0.6) is 0 Å². The van der Waals surface area contributed by atoms with Crippen LogP contribution in [0.4, 0.5) is 13.2 Å². The molecule has 3 rings (SSSR count). The van der Waals surface area contributed by atoms with Gasteiger partial charge < -0.3 is 9.80 Å². The first kappa shape index (κ1) is 24.9. The lowest BCUT2D eigenvalue weighted by atomic mass is 9.96. The van der Waals surface area contributed by atoms with Gasteiger partial charge in [-0.15, -0.1) is 0 Å². The van der Waals surface area contributed by atoms with Gasteiger partial charge in [0.2, 0.25) is 11.8 Å². The summed E-state index contributed by atoms with van der Waals surface area (Å²) in [4.78, 5) is 30.5. The maximum Gasteiger partial charge on any atom is 0.391 e. The van der Waals surface area contributed by atoms with Crippen LogP contribution < -0.4 is 0 Å². The summed E-state index contributed by atoms with van der Waals surface area (Å²) in [6.45, 7) is 3.43. The highest BCUT2D eigenvalue weighted by atomic mass is 35.5. The van der Waals surface area contributed by atoms with Gasteiger partial charge in [0.1, 0.15) is 0 Å². The van der Waals surface area contributed by atoms with Crippen molar-refractivity contribution in [3.8, 4) is 0 Å². The van der Waals surface area contributed by atoms with Gasteiger partial charge in [0, 0.05) is 45.2 Å². The third kappa shape index (κ3) is 6.17. The molecule has 2 saturated heterocycles. The van der Waals surface area contributed by atoms with Gasteiger partial charge in [-0.3, -0.25) is 14.5 Å². The number of nitrogens with zero attached hydrogens (tertiary/aromatic N) is 3. The van der Waals surface area contributed by atoms with Crippen molar-refractivity contribution in [2.24, 2.45) is 5.92 Å². The standard InChI is InChI=1S/C22H26Cl2F3N3O2/c1-15(28-9-6-17(7-10-28)22(25,26)27)30-13-12-29(11-8-21(30)32)20(31)5-3-16-2-4-18(23)19(24)14-16/h2-5,14-15,17H,6-13H2,1H3/b5-3+. The molecular weight excluding hydrogens is 466 g/mol. The predicted molar refractivity (Wildman–Crippen MR) is 118 cm³/mol. The third-order valence-electron chi connectivity index (χ3n) is 6.17. The van der Waals surface area contributed by atoms with Crippen LogP contribution in [-0.4, -0.2) is 71.6 Å². The normalized spacial score (nSPS) is 20.6. The van der Waals surface area contributed by atoms with Crippen molar-refractivity contribution in [2.45, 2.75) is 38.5 Å². The molecule has 0 bridgehead atoms. The molecule has 176 valence electrons. The number of rotatable bonds is 4. The highest BCUT2D eigenvalue weighted by Crippen LogP contribution is 2.34. The summed E-state index contributed by atoms with van der Waals surface area (Å²) >= 11 is 11.9. The molecule has 0 N–H and O–H groups in total. The molecule has 1 aromatic rings. The van der Waals surface area contributed by atoms with E-state index in [1.807, 2.05) is 11.8 Å². The number of benzene rings is 1. The summed E-state index contributed by atoms with van der Waals surface area (Å²) < 4.78 is 38.8. The summed E-state index contributed by atoms with van der Waals surface area (Å²) in [5.41, 5.74) is 0.733. The first-order valence-corrected chi connectivity index (χ1v) is 11.3. The van der Waals surface area contributed by atoms with Crippen LogP contribution >= 0.6 is 23.2 Å². The van der Waals surface area contributed by atoms with Crippen LogP contribution in [0.15, 0.2) is 24.3 Å². The van der Waals surface area contributed by atoms with Crippen molar-refractivity contribution in [3.05, 3.63) is 39.9 Å². The van der Waals surface area contributed by atoms with Gasteiger partial charge in [-0.1, -0.05) is 29.3 Å². The SMILES string of the molecule is CC(N1CCC(C(F)(F)F)CC1)N1CCN(C(=O)/C=C/c2ccc(Cl)c(Cl)c2)CCC1=O. The Balaban J connectivity index is 1.56. The summed E-state index contributed by atoms with van der Waals surface area (Å²) in [6.07, 6.45) is -1.14. The molecule has 0 saturated carbocycles. The molecule has 0 radical (unpaired) electrons. The molecule has 0 aliphatic carbocycles. The molecule has 10 heteroatoms. The summed E-state index contributed by atoms with van der Waals surface area (Å²) in [6, 6.07) is 5.05. The first-order valence-electron chi connectivity index (χ1n) is 10.6. The molecule has 2 aliphatic rings. The number of carbonyl (C=O) groups excluding carboxylic acids is 2. The lowest BCUT2D eigenvalue weighted by molar-refractivity contribution is -0.188. The molecule has 1 aromatic carbocycles. The van der Waals surface area contributed by atoms with Crippen molar-refractivity contribution < 1.29 is 22.8 Å². The Labute approximate surface area is 195 Å². The number of halogens is 5. The predicted octanol–water partition coefficient (Wildman–Crippen LogP) is 4.69. The van der Waals surface area contributed by atoms with Gasteiger partial charge in [0.05, 0.1) is 22.1 Å². The molecule has 2 amide bonds. The van der Waals surface area contributed by atoms with Gasteiger partial charge in [0.15, 0.2) is 0 Å². The largest absolute Gasteiger partial charge is 0.391 e. The molecule has 0 aromatic heterocycles. The minimum absolute atomic E-state index is 0.0417. The van der Waals surface area contributed by atoms with E-state index in [1.54, 1.807) is 34.1 Å². The Hall–Kier alpha value is -1.77. The minimum atomic E-state index is -4.17. The second-order valence-electron chi connectivity index (χ2n) is 8.15. The van der Waals surface area contributed by atoms with E-state index in [2.05, 4.69) is 0 Å². The van der Waals surface area contributed by atoms with Crippen molar-refractivity contribution >= 4 is 41.1 Å². The van der Waals surface area contributed by atoms with Crippen molar-refractivity contribution in [1.82, 2.24) is 14.7 Å². The Morgan fingerprint density at radius 2 is 1.78 bits per heavy atom. The Bertz CT molecular complexity index is 870. The zero-order valence-electron chi connectivity index (χ0n) is 17.7. The fourth-order valence-corrected chi connectivity index (χ4v) is 4.45. The van der Waals surface area contributed by atoms with Crippen LogP contribution in [0.1, 0.15) is 31.7 Å². The molecule has 5 nitrogen and oxygen atoms in total. The number of alkyl halides is 3. The minimum Gasteiger partial charge on any atom is -0.337 e. The molecule has 2 aliphatic heterocycles. The van der Waals surface area contributed by atoms with E-state index >= 15 is 0 Å². The van der Waals surface area contributed by atoms with Crippen LogP contribution in [-0.2, 0) is 9.59 Å². The average Bonchev–Trinajstić information content (AvgIpc) is 2.95. The highest BCUT2D eigenvalue weighted by molar-refractivity contribution is 6.42. The Kier molecular flexibility index (Phi) is 8.11. The Morgan fingerprint density at radius 1 is 1.09 bits per heavy atom. The lowest BCUT2D eigenvalue weighted by Gasteiger charge is -2.41. The van der Waals surface area contributed by atoms with Crippen molar-refractivity contribution in [1.29, 1.82) is 0 Å². The molecule has 1 unspecified atom stereocenters. The van der Waals surface area contributed by atoms with Crippen LogP contribution in [0.3, 0.4) is 0 Å². The average molecular weight is 492 g/mol. The molecule has 1 atom stereocenters. The monoisotopic (exact) mass is 491 g/mol. The van der Waals surface area contributed by atoms with E-state index in [4.69, 9.17) is 23.2 Å². The van der Waals surface area contributed by atoms with E-state index in [0.717, 1.165) is 5.56 Å². The van der Waals surface area contributed by atoms with Gasteiger partial charge in [-0.25, -0.2) is 0 Å². The fourth-order valence-electron chi connectivity index (χ4n) is 4.14. The number of piperidine rings is 1. The van der Waals surface area contributed by atoms with Gasteiger partial charge in [-0.2, -0.15) is 13.2 Å². The molecular formula is C22H26Cl2F3N3O2. The molecule has 32 heavy (non-hydrogen) atoms. The number of hydrogen-bond acceptors (Lipinski definition) is 3. The zero-order chi connectivity index (χ0) is 23.5. The number of amides is 2. The summed E-state index contributed by atoms with van der Waals surface area (Å²) in [5.74, 6) is -1.59. The second-order valence-corrected chi connectivity index (χ2v) is 8.97. The van der Waals surface area contributed by atoms with E-state index in [0.29, 0.717) is 42.8 Å². The van der Waals surface area contributed by atoms with Crippen molar-refractivity contribution in [2.75, 3.05) is 32.7 Å². The van der Waals surface area contributed by atoms with E-state index in [9.17, 15) is 22.8 Å². The van der Waals surface area contributed by atoms with Gasteiger partial charge >= 0.3 is 6.18 Å². The maximum atomic E-state index is 12.9. The van der Waals surface area contributed by atoms with E-state index < -0.39 is 12.1 Å². The molecule has 2 fully saturated rings. The van der Waals surface area contributed by atoms with Crippen LogP contribution in [0.2, 0.25) is 10.0 Å². The van der Waals surface area contributed by atoms with Gasteiger partial charge in [0.25, 0.3) is 0 Å². The molecule has 0 spiro atoms. The lowest BCUT2D eigenvalue weighted by Crippen LogP contribution is -2.53. The highest BCUT2D eigenvalue weighted by Gasteiger charge is 2.42. The summed E-state index contributed by atoms with van der Waals surface area (Å²) in [7, 11) is 0. The van der Waals surface area contributed by atoms with E-state index in [-0.39, 0.29) is 37.2 Å². The number of likely N-dealkylation sites (tertiary alicyclic amines) is 1. The number of hydrogen-bond donors (Lipinski definition) is 0. The fraction of sp³-hybridized carbons (Fsp3) is 0.545. The maximum absolute atomic E-state index is 12.9. The van der Waals surface area contributed by atoms with Crippen molar-refractivity contribution in [3.63, 3.8) is 0 Å². The third-order valence-corrected chi connectivity index (χ3v) is 6.91. The topological polar surface area (TPSA) is 43.9 Å². The molecule has 2 heterocycles. The Morgan fingerprint density at radius 3 is 2.41 bits per heavy atom. The second kappa shape index (κ2) is 10.4. The smallest absolute Gasteiger partial charge is 0.337 e. The van der Waals surface area contributed by atoms with Gasteiger partial charge in [-0.05, 0) is 43.5 Å². The number of carbonyl (C=O) groups is 2. The summed E-state index contributed by atoms with van der Waals surface area (Å²) in [5, 5.41) is 0.823.